The number of aromatic nitrogens is 2. The predicted octanol–water partition coefficient (Wildman–Crippen LogP) is 0.990. The van der Waals surface area contributed by atoms with E-state index >= 15 is 0 Å². The molecular weight excluding hydrogens is 288 g/mol. The molecule has 0 saturated carbocycles. The number of hydrogen-bond donors (Lipinski definition) is 3. The van der Waals surface area contributed by atoms with Gasteiger partial charge in [0, 0.05) is 10.8 Å². The van der Waals surface area contributed by atoms with E-state index in [1.54, 1.807) is 10.8 Å². The first-order chi connectivity index (χ1) is 9.02. The number of nitrogens with two attached hydrogens (primary N) is 1. The number of carboxylic acids is 1. The monoisotopic (exact) mass is 298 g/mol. The second-order valence-corrected chi connectivity index (χ2v) is 5.36. The van der Waals surface area contributed by atoms with E-state index in [1.807, 2.05) is 0 Å². The maximum Gasteiger partial charge on any atom is 0.309 e. The summed E-state index contributed by atoms with van der Waals surface area (Å²) in [6.45, 7) is 0. The number of amides is 1. The molecule has 2 rings (SSSR count). The van der Waals surface area contributed by atoms with Crippen molar-refractivity contribution in [2.75, 3.05) is 11.1 Å². The number of carboxylic acid groups (broad SMARTS) is 1. The molecule has 0 atom stereocenters. The van der Waals surface area contributed by atoms with Gasteiger partial charge in [-0.3, -0.25) is 9.59 Å². The molecule has 2 aromatic heterocycles. The smallest absolute Gasteiger partial charge is 0.309 e. The Balaban J connectivity index is 1.91. The third-order valence-electron chi connectivity index (χ3n) is 2.04. The van der Waals surface area contributed by atoms with Crippen molar-refractivity contribution in [3.05, 3.63) is 22.1 Å². The van der Waals surface area contributed by atoms with E-state index in [2.05, 4.69) is 15.3 Å². The fourth-order valence-corrected chi connectivity index (χ4v) is 2.62. The number of anilines is 2. The Morgan fingerprint density at radius 2 is 1.89 bits per heavy atom. The number of hydrogen-bond acceptors (Lipinski definition) is 7. The quantitative estimate of drug-likeness (QED) is 0.757. The summed E-state index contributed by atoms with van der Waals surface area (Å²) in [4.78, 5) is 30.2. The van der Waals surface area contributed by atoms with Gasteiger partial charge in [-0.15, -0.1) is 22.7 Å². The summed E-state index contributed by atoms with van der Waals surface area (Å²) in [7, 11) is 0. The summed E-state index contributed by atoms with van der Waals surface area (Å²) >= 11 is 2.46. The fraction of sp³-hybridized carbons (Fsp3) is 0.200. The van der Waals surface area contributed by atoms with Gasteiger partial charge in [0.05, 0.1) is 24.2 Å². The minimum atomic E-state index is -0.957. The van der Waals surface area contributed by atoms with Gasteiger partial charge in [-0.05, 0) is 0 Å². The number of nitrogen functional groups attached to an aromatic ring is 1. The van der Waals surface area contributed by atoms with E-state index in [-0.39, 0.29) is 18.7 Å². The molecule has 0 radical (unpaired) electrons. The topological polar surface area (TPSA) is 118 Å². The maximum atomic E-state index is 11.7. The van der Waals surface area contributed by atoms with Crippen molar-refractivity contribution in [3.8, 4) is 0 Å². The van der Waals surface area contributed by atoms with Crippen LogP contribution in [0, 0.1) is 0 Å². The molecule has 19 heavy (non-hydrogen) atoms. The lowest BCUT2D eigenvalue weighted by Crippen LogP contribution is -2.14. The SMILES string of the molecule is Nc1nc(CC(=O)Nc2nc(CC(=O)O)cs2)cs1. The lowest BCUT2D eigenvalue weighted by atomic mass is 10.3. The van der Waals surface area contributed by atoms with E-state index in [1.165, 1.54) is 22.7 Å². The minimum Gasteiger partial charge on any atom is -0.481 e. The van der Waals surface area contributed by atoms with Gasteiger partial charge in [-0.2, -0.15) is 0 Å². The number of aliphatic carboxylic acids is 1. The van der Waals surface area contributed by atoms with Crippen LogP contribution < -0.4 is 11.1 Å². The van der Waals surface area contributed by atoms with E-state index < -0.39 is 5.97 Å². The molecule has 4 N–H and O–H groups in total. The molecule has 100 valence electrons. The Kier molecular flexibility index (Phi) is 4.07. The van der Waals surface area contributed by atoms with Crippen molar-refractivity contribution in [1.29, 1.82) is 0 Å². The molecule has 0 aliphatic rings. The molecule has 9 heteroatoms. The normalized spacial score (nSPS) is 10.3. The van der Waals surface area contributed by atoms with Crippen molar-refractivity contribution in [3.63, 3.8) is 0 Å². The van der Waals surface area contributed by atoms with Gasteiger partial charge >= 0.3 is 5.97 Å². The summed E-state index contributed by atoms with van der Waals surface area (Å²) in [5.74, 6) is -1.22. The van der Waals surface area contributed by atoms with Gasteiger partial charge in [0.1, 0.15) is 0 Å². The Bertz CT molecular complexity index is 607. The Labute approximate surface area is 116 Å². The van der Waals surface area contributed by atoms with Crippen LogP contribution in [0.1, 0.15) is 11.4 Å². The molecule has 2 aromatic rings. The predicted molar refractivity (Wildman–Crippen MR) is 72.3 cm³/mol. The first-order valence-electron chi connectivity index (χ1n) is 5.19. The summed E-state index contributed by atoms with van der Waals surface area (Å²) < 4.78 is 0. The van der Waals surface area contributed by atoms with Gasteiger partial charge in [-0.1, -0.05) is 0 Å². The number of nitrogens with zero attached hydrogens (tertiary/aromatic N) is 2. The largest absolute Gasteiger partial charge is 0.481 e. The second kappa shape index (κ2) is 5.76. The van der Waals surface area contributed by atoms with Crippen LogP contribution in [0.15, 0.2) is 10.8 Å². The standard InChI is InChI=1S/C10H10N4O3S2/c11-9-12-5(3-18-9)1-7(15)14-10-13-6(4-19-10)2-8(16)17/h3-4H,1-2H2,(H2,11,12)(H,16,17)(H,13,14,15). The molecule has 0 unspecified atom stereocenters. The van der Waals surface area contributed by atoms with Crippen molar-refractivity contribution in [1.82, 2.24) is 9.97 Å². The van der Waals surface area contributed by atoms with Gasteiger partial charge in [-0.25, -0.2) is 9.97 Å². The lowest BCUT2D eigenvalue weighted by molar-refractivity contribution is -0.136. The van der Waals surface area contributed by atoms with E-state index in [0.717, 1.165) is 0 Å². The lowest BCUT2D eigenvalue weighted by Gasteiger charge is -1.98. The number of carbonyl (C=O) groups is 2. The molecule has 0 saturated heterocycles. The molecule has 0 bridgehead atoms. The van der Waals surface area contributed by atoms with Crippen LogP contribution in [-0.4, -0.2) is 27.0 Å². The second-order valence-electron chi connectivity index (χ2n) is 3.62. The highest BCUT2D eigenvalue weighted by atomic mass is 32.1. The summed E-state index contributed by atoms with van der Waals surface area (Å²) in [5, 5.41) is 15.3. The molecule has 0 fully saturated rings. The van der Waals surface area contributed by atoms with Crippen molar-refractivity contribution >= 4 is 44.8 Å². The van der Waals surface area contributed by atoms with Crippen LogP contribution in [-0.2, 0) is 22.4 Å². The van der Waals surface area contributed by atoms with Crippen LogP contribution in [0.2, 0.25) is 0 Å². The Morgan fingerprint density at radius 1 is 1.21 bits per heavy atom. The zero-order valence-corrected chi connectivity index (χ0v) is 11.3. The van der Waals surface area contributed by atoms with E-state index in [0.29, 0.717) is 21.7 Å². The van der Waals surface area contributed by atoms with Crippen LogP contribution in [0.25, 0.3) is 0 Å². The van der Waals surface area contributed by atoms with Gasteiger partial charge in [0.2, 0.25) is 5.91 Å². The van der Waals surface area contributed by atoms with E-state index in [9.17, 15) is 9.59 Å². The van der Waals surface area contributed by atoms with Crippen LogP contribution in [0.3, 0.4) is 0 Å². The highest BCUT2D eigenvalue weighted by Crippen LogP contribution is 2.17. The third kappa shape index (κ3) is 4.00. The first kappa shape index (κ1) is 13.4. The van der Waals surface area contributed by atoms with Crippen LogP contribution in [0.5, 0.6) is 0 Å². The zero-order chi connectivity index (χ0) is 13.8. The highest BCUT2D eigenvalue weighted by Gasteiger charge is 2.10. The van der Waals surface area contributed by atoms with E-state index in [4.69, 9.17) is 10.8 Å². The summed E-state index contributed by atoms with van der Waals surface area (Å²) in [6, 6.07) is 0. The first-order valence-corrected chi connectivity index (χ1v) is 6.95. The summed E-state index contributed by atoms with van der Waals surface area (Å²) in [5.41, 5.74) is 6.49. The Morgan fingerprint density at radius 3 is 2.53 bits per heavy atom. The number of rotatable bonds is 5. The molecule has 0 aliphatic heterocycles. The third-order valence-corrected chi connectivity index (χ3v) is 3.57. The van der Waals surface area contributed by atoms with Crippen molar-refractivity contribution in [2.24, 2.45) is 0 Å². The molecule has 2 heterocycles. The summed E-state index contributed by atoms with van der Waals surface area (Å²) in [6.07, 6.45) is -0.0451. The molecule has 1 amide bonds. The van der Waals surface area contributed by atoms with Gasteiger partial charge in [0.15, 0.2) is 10.3 Å². The zero-order valence-electron chi connectivity index (χ0n) is 9.62. The van der Waals surface area contributed by atoms with Gasteiger partial charge in [0.25, 0.3) is 0 Å². The number of carbonyl (C=O) groups excluding carboxylic acids is 1. The average molecular weight is 298 g/mol. The molecule has 0 aromatic carbocycles. The van der Waals surface area contributed by atoms with Crippen molar-refractivity contribution < 1.29 is 14.7 Å². The number of thiazole rings is 2. The highest BCUT2D eigenvalue weighted by molar-refractivity contribution is 7.14. The van der Waals surface area contributed by atoms with Crippen LogP contribution in [0.4, 0.5) is 10.3 Å². The average Bonchev–Trinajstić information content (AvgIpc) is 2.88. The van der Waals surface area contributed by atoms with Crippen molar-refractivity contribution in [2.45, 2.75) is 12.8 Å². The maximum absolute atomic E-state index is 11.7. The Hall–Kier alpha value is -2.00. The number of nitrogens with one attached hydrogen (secondary N) is 1. The molecule has 0 aliphatic carbocycles. The minimum absolute atomic E-state index is 0.113. The molecule has 7 nitrogen and oxygen atoms in total. The van der Waals surface area contributed by atoms with Crippen LogP contribution >= 0.6 is 22.7 Å². The van der Waals surface area contributed by atoms with Gasteiger partial charge < -0.3 is 16.2 Å². The fourth-order valence-electron chi connectivity index (χ4n) is 1.33. The molecular formula is C10H10N4O3S2. The molecule has 0 spiro atoms.